The fourth-order valence-electron chi connectivity index (χ4n) is 2.69. The SMILES string of the molecule is C=CCNC(=NC)NCCC(=O)N1CCN(c2ccccc2)CC1.I. The lowest BCUT2D eigenvalue weighted by Gasteiger charge is -2.36. The van der Waals surface area contributed by atoms with Crippen LogP contribution >= 0.6 is 24.0 Å². The van der Waals surface area contributed by atoms with E-state index in [1.807, 2.05) is 23.1 Å². The minimum absolute atomic E-state index is 0. The molecule has 6 nitrogen and oxygen atoms in total. The lowest BCUT2D eigenvalue weighted by molar-refractivity contribution is -0.131. The number of hydrogen-bond donors (Lipinski definition) is 2. The van der Waals surface area contributed by atoms with Crippen molar-refractivity contribution in [2.24, 2.45) is 4.99 Å². The maximum absolute atomic E-state index is 12.3. The number of halogens is 1. The molecule has 1 aromatic carbocycles. The lowest BCUT2D eigenvalue weighted by Crippen LogP contribution is -2.49. The Morgan fingerprint density at radius 2 is 1.88 bits per heavy atom. The standard InChI is InChI=1S/C18H27N5O.HI/c1-3-10-20-18(19-2)21-11-9-17(24)23-14-12-22(13-15-23)16-7-5-4-6-8-16;/h3-8H,1,9-15H2,2H3,(H2,19,20,21);1H. The van der Waals surface area contributed by atoms with E-state index in [0.29, 0.717) is 25.5 Å². The molecule has 1 fully saturated rings. The molecule has 0 spiro atoms. The van der Waals surface area contributed by atoms with Gasteiger partial charge in [-0.25, -0.2) is 0 Å². The predicted octanol–water partition coefficient (Wildman–Crippen LogP) is 1.69. The highest BCUT2D eigenvalue weighted by molar-refractivity contribution is 14.0. The van der Waals surface area contributed by atoms with E-state index in [4.69, 9.17) is 0 Å². The first kappa shape index (κ1) is 21.3. The first-order valence-electron chi connectivity index (χ1n) is 8.37. The van der Waals surface area contributed by atoms with Gasteiger partial charge >= 0.3 is 0 Å². The Morgan fingerprint density at radius 1 is 1.20 bits per heavy atom. The fourth-order valence-corrected chi connectivity index (χ4v) is 2.69. The molecule has 0 aromatic heterocycles. The van der Waals surface area contributed by atoms with Crippen LogP contribution < -0.4 is 15.5 Å². The smallest absolute Gasteiger partial charge is 0.224 e. The second-order valence-electron chi connectivity index (χ2n) is 5.62. The summed E-state index contributed by atoms with van der Waals surface area (Å²) in [6.07, 6.45) is 2.24. The number of para-hydroxylation sites is 1. The van der Waals surface area contributed by atoms with Crippen molar-refractivity contribution in [2.45, 2.75) is 6.42 Å². The van der Waals surface area contributed by atoms with Crippen LogP contribution in [0, 0.1) is 0 Å². The molecule has 2 rings (SSSR count). The molecule has 1 aliphatic rings. The Morgan fingerprint density at radius 3 is 2.48 bits per heavy atom. The summed E-state index contributed by atoms with van der Waals surface area (Å²) in [5.74, 6) is 0.881. The molecular formula is C18H28IN5O. The molecule has 7 heteroatoms. The van der Waals surface area contributed by atoms with Crippen molar-refractivity contribution in [3.05, 3.63) is 43.0 Å². The minimum atomic E-state index is 0. The first-order valence-corrected chi connectivity index (χ1v) is 8.37. The first-order chi connectivity index (χ1) is 11.7. The van der Waals surface area contributed by atoms with Crippen molar-refractivity contribution < 1.29 is 4.79 Å². The van der Waals surface area contributed by atoms with Gasteiger partial charge in [0.2, 0.25) is 5.91 Å². The van der Waals surface area contributed by atoms with Crippen molar-refractivity contribution in [3.63, 3.8) is 0 Å². The molecule has 0 aliphatic carbocycles. The summed E-state index contributed by atoms with van der Waals surface area (Å²) in [6, 6.07) is 10.3. The summed E-state index contributed by atoms with van der Waals surface area (Å²) in [6.45, 7) is 8.19. The van der Waals surface area contributed by atoms with Gasteiger partial charge in [0.1, 0.15) is 0 Å². The number of guanidine groups is 1. The van der Waals surface area contributed by atoms with Crippen molar-refractivity contribution in [1.82, 2.24) is 15.5 Å². The van der Waals surface area contributed by atoms with Gasteiger partial charge in [-0.05, 0) is 12.1 Å². The number of amides is 1. The van der Waals surface area contributed by atoms with Crippen LogP contribution in [0.3, 0.4) is 0 Å². The molecular weight excluding hydrogens is 429 g/mol. The van der Waals surface area contributed by atoms with Gasteiger partial charge in [-0.2, -0.15) is 0 Å². The summed E-state index contributed by atoms with van der Waals surface area (Å²) in [7, 11) is 1.71. The third-order valence-corrected chi connectivity index (χ3v) is 4.02. The van der Waals surface area contributed by atoms with Gasteiger partial charge in [-0.15, -0.1) is 30.6 Å². The van der Waals surface area contributed by atoms with Crippen molar-refractivity contribution in [3.8, 4) is 0 Å². The highest BCUT2D eigenvalue weighted by Crippen LogP contribution is 2.15. The van der Waals surface area contributed by atoms with Gasteiger partial charge in [0.05, 0.1) is 0 Å². The quantitative estimate of drug-likeness (QED) is 0.296. The number of carbonyl (C=O) groups is 1. The highest BCUT2D eigenvalue weighted by Gasteiger charge is 2.20. The fraction of sp³-hybridized carbons (Fsp3) is 0.444. The molecule has 138 valence electrons. The summed E-state index contributed by atoms with van der Waals surface area (Å²) in [5.41, 5.74) is 1.23. The third kappa shape index (κ3) is 6.93. The monoisotopic (exact) mass is 457 g/mol. The zero-order chi connectivity index (χ0) is 17.2. The predicted molar refractivity (Wildman–Crippen MR) is 115 cm³/mol. The topological polar surface area (TPSA) is 60.0 Å². The Hall–Kier alpha value is -1.77. The summed E-state index contributed by atoms with van der Waals surface area (Å²) < 4.78 is 0. The Labute approximate surface area is 167 Å². The molecule has 0 bridgehead atoms. The largest absolute Gasteiger partial charge is 0.368 e. The van der Waals surface area contributed by atoms with Crippen LogP contribution in [-0.4, -0.2) is 63.1 Å². The lowest BCUT2D eigenvalue weighted by atomic mass is 10.2. The van der Waals surface area contributed by atoms with Crippen molar-refractivity contribution in [2.75, 3.05) is 51.2 Å². The van der Waals surface area contributed by atoms with Gasteiger partial charge in [0.15, 0.2) is 5.96 Å². The number of rotatable bonds is 6. The Kier molecular flexibility index (Phi) is 9.98. The molecule has 0 unspecified atom stereocenters. The molecule has 25 heavy (non-hydrogen) atoms. The zero-order valence-corrected chi connectivity index (χ0v) is 17.1. The molecule has 1 aliphatic heterocycles. The molecule has 0 atom stereocenters. The van der Waals surface area contributed by atoms with Crippen LogP contribution in [0.15, 0.2) is 48.0 Å². The van der Waals surface area contributed by atoms with E-state index in [2.05, 4.69) is 39.2 Å². The number of nitrogens with zero attached hydrogens (tertiary/aromatic N) is 3. The second kappa shape index (κ2) is 11.7. The van der Waals surface area contributed by atoms with E-state index in [1.165, 1.54) is 5.69 Å². The van der Waals surface area contributed by atoms with E-state index in [-0.39, 0.29) is 29.9 Å². The molecule has 1 amide bonds. The number of anilines is 1. The molecule has 1 aromatic rings. The average Bonchev–Trinajstić information content (AvgIpc) is 2.65. The average molecular weight is 457 g/mol. The number of benzene rings is 1. The summed E-state index contributed by atoms with van der Waals surface area (Å²) >= 11 is 0. The van der Waals surface area contributed by atoms with E-state index < -0.39 is 0 Å². The third-order valence-electron chi connectivity index (χ3n) is 4.02. The zero-order valence-electron chi connectivity index (χ0n) is 14.8. The summed E-state index contributed by atoms with van der Waals surface area (Å²) in [4.78, 5) is 20.7. The minimum Gasteiger partial charge on any atom is -0.368 e. The number of nitrogens with one attached hydrogen (secondary N) is 2. The Bertz CT molecular complexity index is 556. The van der Waals surface area contributed by atoms with Gasteiger partial charge in [0.25, 0.3) is 0 Å². The molecule has 1 heterocycles. The van der Waals surface area contributed by atoms with Gasteiger partial charge in [0, 0.05) is 58.4 Å². The van der Waals surface area contributed by atoms with E-state index in [1.54, 1.807) is 13.1 Å². The van der Waals surface area contributed by atoms with E-state index in [0.717, 1.165) is 26.2 Å². The molecule has 2 N–H and O–H groups in total. The van der Waals surface area contributed by atoms with E-state index >= 15 is 0 Å². The van der Waals surface area contributed by atoms with Gasteiger partial charge < -0.3 is 20.4 Å². The van der Waals surface area contributed by atoms with E-state index in [9.17, 15) is 4.79 Å². The van der Waals surface area contributed by atoms with Crippen LogP contribution in [0.4, 0.5) is 5.69 Å². The summed E-state index contributed by atoms with van der Waals surface area (Å²) in [5, 5.41) is 6.23. The number of carbonyl (C=O) groups excluding carboxylic acids is 1. The van der Waals surface area contributed by atoms with Crippen LogP contribution in [-0.2, 0) is 4.79 Å². The number of aliphatic imine (C=N–C) groups is 1. The van der Waals surface area contributed by atoms with Crippen LogP contribution in [0.2, 0.25) is 0 Å². The molecule has 0 saturated carbocycles. The second-order valence-corrected chi connectivity index (χ2v) is 5.62. The number of piperazine rings is 1. The highest BCUT2D eigenvalue weighted by atomic mass is 127. The van der Waals surface area contributed by atoms with Crippen molar-refractivity contribution >= 4 is 41.5 Å². The van der Waals surface area contributed by atoms with Crippen LogP contribution in [0.5, 0.6) is 0 Å². The Balaban J connectivity index is 0.00000312. The van der Waals surface area contributed by atoms with Gasteiger partial charge in [-0.3, -0.25) is 9.79 Å². The maximum Gasteiger partial charge on any atom is 0.224 e. The van der Waals surface area contributed by atoms with Gasteiger partial charge in [-0.1, -0.05) is 24.3 Å². The maximum atomic E-state index is 12.3. The number of hydrogen-bond acceptors (Lipinski definition) is 3. The molecule has 1 saturated heterocycles. The van der Waals surface area contributed by atoms with Crippen molar-refractivity contribution in [1.29, 1.82) is 0 Å². The van der Waals surface area contributed by atoms with Crippen LogP contribution in [0.1, 0.15) is 6.42 Å². The normalized spacial score (nSPS) is 14.5. The van der Waals surface area contributed by atoms with Crippen LogP contribution in [0.25, 0.3) is 0 Å². The molecule has 0 radical (unpaired) electrons.